The van der Waals surface area contributed by atoms with Gasteiger partial charge in [-0.25, -0.2) is 0 Å². The molecular formula is C5H12NO2-. The van der Waals surface area contributed by atoms with Crippen LogP contribution < -0.4 is 0 Å². The molecule has 0 aliphatic carbocycles. The molecule has 0 aliphatic heterocycles. The van der Waals surface area contributed by atoms with Crippen molar-refractivity contribution in [1.29, 1.82) is 0 Å². The van der Waals surface area contributed by atoms with Gasteiger partial charge in [0.25, 0.3) is 0 Å². The lowest BCUT2D eigenvalue weighted by Crippen LogP contribution is -2.38. The molecule has 0 heterocycles. The van der Waals surface area contributed by atoms with Gasteiger partial charge in [-0.3, -0.25) is 0 Å². The molecule has 1 unspecified atom stereocenters. The second kappa shape index (κ2) is 2.44. The van der Waals surface area contributed by atoms with E-state index in [0.29, 0.717) is 11.5 Å². The Morgan fingerprint density at radius 3 is 2.12 bits per heavy atom. The van der Waals surface area contributed by atoms with Crippen molar-refractivity contribution in [2.24, 2.45) is 0 Å². The Morgan fingerprint density at radius 1 is 1.75 bits per heavy atom. The van der Waals surface area contributed by atoms with Gasteiger partial charge in [0.2, 0.25) is 0 Å². The Balaban J connectivity index is 3.71. The summed E-state index contributed by atoms with van der Waals surface area (Å²) in [7, 11) is 1.31. The van der Waals surface area contributed by atoms with Crippen LogP contribution >= 0.6 is 0 Å². The van der Waals surface area contributed by atoms with Gasteiger partial charge in [0.1, 0.15) is 5.72 Å². The Kier molecular flexibility index (Phi) is 2.40. The maximum absolute atomic E-state index is 10.4. The molecule has 0 amide bonds. The topological polar surface area (TPSA) is 46.5 Å². The molecule has 3 nitrogen and oxygen atoms in total. The number of nitrogens with zero attached hydrogens (tertiary/aromatic N) is 1. The molecule has 0 saturated heterocycles. The number of hydrogen-bond acceptors (Lipinski definition) is 3. The lowest BCUT2D eigenvalue weighted by molar-refractivity contribution is -0.0558. The molecule has 8 heavy (non-hydrogen) atoms. The monoisotopic (exact) mass is 118 g/mol. The van der Waals surface area contributed by atoms with Crippen molar-refractivity contribution in [2.75, 3.05) is 7.05 Å². The third-order valence-electron chi connectivity index (χ3n) is 1.35. The third-order valence-corrected chi connectivity index (χ3v) is 1.35. The van der Waals surface area contributed by atoms with Crippen LogP contribution in [-0.2, 0) is 0 Å². The van der Waals surface area contributed by atoms with Crippen LogP contribution in [0.2, 0.25) is 0 Å². The Labute approximate surface area is 49.5 Å². The fraction of sp³-hybridized carbons (Fsp3) is 1.00. The van der Waals surface area contributed by atoms with E-state index in [2.05, 4.69) is 0 Å². The van der Waals surface area contributed by atoms with Gasteiger partial charge in [-0.15, -0.1) is 0 Å². The SMILES string of the molecule is CCC(C)(O)N(C)[O-]. The van der Waals surface area contributed by atoms with Crippen LogP contribution in [0.3, 0.4) is 0 Å². The fourth-order valence-corrected chi connectivity index (χ4v) is 0.223. The van der Waals surface area contributed by atoms with Crippen molar-refractivity contribution in [3.63, 3.8) is 0 Å². The largest absolute Gasteiger partial charge is 0.783 e. The van der Waals surface area contributed by atoms with E-state index in [4.69, 9.17) is 5.11 Å². The van der Waals surface area contributed by atoms with Gasteiger partial charge in [-0.2, -0.15) is 0 Å². The molecule has 0 rings (SSSR count). The summed E-state index contributed by atoms with van der Waals surface area (Å²) in [6, 6.07) is 0. The van der Waals surface area contributed by atoms with Crippen LogP contribution in [0.15, 0.2) is 0 Å². The Hall–Kier alpha value is -0.120. The highest BCUT2D eigenvalue weighted by Crippen LogP contribution is 2.10. The summed E-state index contributed by atoms with van der Waals surface area (Å²) in [5, 5.41) is 19.9. The highest BCUT2D eigenvalue weighted by atomic mass is 16.5. The van der Waals surface area contributed by atoms with Gasteiger partial charge in [0.15, 0.2) is 0 Å². The van der Waals surface area contributed by atoms with E-state index in [1.54, 1.807) is 6.92 Å². The van der Waals surface area contributed by atoms with E-state index < -0.39 is 5.72 Å². The summed E-state index contributed by atoms with van der Waals surface area (Å²) < 4.78 is 0. The molecule has 50 valence electrons. The highest BCUT2D eigenvalue weighted by molar-refractivity contribution is 4.68. The molecular weight excluding hydrogens is 106 g/mol. The zero-order valence-corrected chi connectivity index (χ0v) is 5.51. The summed E-state index contributed by atoms with van der Waals surface area (Å²) in [6.07, 6.45) is 0.451. The van der Waals surface area contributed by atoms with Gasteiger partial charge >= 0.3 is 0 Å². The predicted octanol–water partition coefficient (Wildman–Crippen LogP) is 0.534. The van der Waals surface area contributed by atoms with Crippen molar-refractivity contribution < 1.29 is 5.11 Å². The molecule has 0 aromatic carbocycles. The summed E-state index contributed by atoms with van der Waals surface area (Å²) >= 11 is 0. The number of hydrogen-bond donors (Lipinski definition) is 1. The third kappa shape index (κ3) is 1.78. The molecule has 0 aromatic rings. The number of hydroxylamine groups is 2. The average Bonchev–Trinajstić information content (AvgIpc) is 1.67. The first kappa shape index (κ1) is 7.88. The molecule has 0 aromatic heterocycles. The molecule has 0 spiro atoms. The fourth-order valence-electron chi connectivity index (χ4n) is 0.223. The normalized spacial score (nSPS) is 18.8. The molecule has 0 saturated carbocycles. The lowest BCUT2D eigenvalue weighted by Gasteiger charge is -2.38. The van der Waals surface area contributed by atoms with Crippen LogP contribution in [0.5, 0.6) is 0 Å². The first-order chi connectivity index (χ1) is 3.50. The van der Waals surface area contributed by atoms with Crippen molar-refractivity contribution in [2.45, 2.75) is 26.0 Å². The van der Waals surface area contributed by atoms with Crippen LogP contribution in [0.4, 0.5) is 0 Å². The summed E-state index contributed by atoms with van der Waals surface area (Å²) in [6.45, 7) is 3.24. The first-order valence-corrected chi connectivity index (χ1v) is 2.64. The lowest BCUT2D eigenvalue weighted by atomic mass is 10.2. The van der Waals surface area contributed by atoms with E-state index in [-0.39, 0.29) is 0 Å². The molecule has 0 aliphatic rings. The van der Waals surface area contributed by atoms with Crippen LogP contribution in [-0.4, -0.2) is 22.9 Å². The zero-order chi connectivity index (χ0) is 6.78. The molecule has 0 radical (unpaired) electrons. The summed E-state index contributed by atoms with van der Waals surface area (Å²) in [5.74, 6) is 0. The van der Waals surface area contributed by atoms with E-state index >= 15 is 0 Å². The zero-order valence-electron chi connectivity index (χ0n) is 5.51. The van der Waals surface area contributed by atoms with Gasteiger partial charge in [-0.05, 0) is 20.4 Å². The van der Waals surface area contributed by atoms with E-state index in [0.717, 1.165) is 0 Å². The smallest absolute Gasteiger partial charge is 0.103 e. The standard InChI is InChI=1S/C5H12NO2/c1-4-5(2,7)6(3)8/h7H,4H2,1-3H3/q-1. The Bertz CT molecular complexity index is 70.8. The highest BCUT2D eigenvalue weighted by Gasteiger charge is 2.14. The quantitative estimate of drug-likeness (QED) is 0.425. The maximum Gasteiger partial charge on any atom is 0.103 e. The second-order valence-electron chi connectivity index (χ2n) is 2.07. The van der Waals surface area contributed by atoms with Crippen molar-refractivity contribution in [3.05, 3.63) is 5.21 Å². The van der Waals surface area contributed by atoms with Crippen LogP contribution in [0.1, 0.15) is 20.3 Å². The summed E-state index contributed by atoms with van der Waals surface area (Å²) in [5.41, 5.74) is -1.18. The summed E-state index contributed by atoms with van der Waals surface area (Å²) in [4.78, 5) is 0. The molecule has 3 heteroatoms. The van der Waals surface area contributed by atoms with Gasteiger partial charge in [0, 0.05) is 0 Å². The van der Waals surface area contributed by atoms with Crippen molar-refractivity contribution >= 4 is 0 Å². The van der Waals surface area contributed by atoms with Gasteiger partial charge in [0.05, 0.1) is 0 Å². The van der Waals surface area contributed by atoms with E-state index in [9.17, 15) is 5.21 Å². The van der Waals surface area contributed by atoms with Crippen molar-refractivity contribution in [1.82, 2.24) is 5.06 Å². The average molecular weight is 118 g/mol. The Morgan fingerprint density at radius 2 is 2.12 bits per heavy atom. The molecule has 0 fully saturated rings. The van der Waals surface area contributed by atoms with Crippen LogP contribution in [0, 0.1) is 5.21 Å². The van der Waals surface area contributed by atoms with Gasteiger partial charge < -0.3 is 15.4 Å². The minimum absolute atomic E-state index is 0.451. The molecule has 1 atom stereocenters. The van der Waals surface area contributed by atoms with Gasteiger partial charge in [-0.1, -0.05) is 6.92 Å². The predicted molar refractivity (Wildman–Crippen MR) is 32.0 cm³/mol. The second-order valence-corrected chi connectivity index (χ2v) is 2.07. The maximum atomic E-state index is 10.4. The number of aliphatic hydroxyl groups is 1. The molecule has 0 bridgehead atoms. The van der Waals surface area contributed by atoms with E-state index in [1.807, 2.05) is 0 Å². The number of rotatable bonds is 2. The minimum atomic E-state index is -1.18. The molecule has 1 N–H and O–H groups in total. The van der Waals surface area contributed by atoms with Crippen LogP contribution in [0.25, 0.3) is 0 Å². The minimum Gasteiger partial charge on any atom is -0.783 e. The van der Waals surface area contributed by atoms with E-state index in [1.165, 1.54) is 14.0 Å². The first-order valence-electron chi connectivity index (χ1n) is 2.64. The van der Waals surface area contributed by atoms with Crippen molar-refractivity contribution in [3.8, 4) is 0 Å².